The van der Waals surface area contributed by atoms with E-state index in [1.54, 1.807) is 115 Å². The Bertz CT molecular complexity index is 4250. The first-order chi connectivity index (χ1) is 57.6. The van der Waals surface area contributed by atoms with Gasteiger partial charge >= 0.3 is 35.8 Å². The highest BCUT2D eigenvalue weighted by Crippen LogP contribution is 2.65. The van der Waals surface area contributed by atoms with Gasteiger partial charge in [-0.05, 0) is 149 Å². The molecule has 682 valence electrons. The molecule has 7 aliphatic rings. The lowest BCUT2D eigenvalue weighted by atomic mass is 9.44. The Morgan fingerprint density at radius 3 is 1.94 bits per heavy atom. The number of Topliss-reactive ketones (excluding diaryl/α,β-unsaturated/α-hetero) is 1. The lowest BCUT2D eigenvalue weighted by molar-refractivity contribution is -0.346. The van der Waals surface area contributed by atoms with Gasteiger partial charge in [-0.25, -0.2) is 9.59 Å². The van der Waals surface area contributed by atoms with Crippen LogP contribution in [0.4, 0.5) is 0 Å². The Labute approximate surface area is 719 Å². The van der Waals surface area contributed by atoms with Crippen LogP contribution < -0.4 is 10.6 Å². The van der Waals surface area contributed by atoms with E-state index >= 15 is 9.59 Å². The summed E-state index contributed by atoms with van der Waals surface area (Å²) in [5.41, 5.74) is -13.4. The van der Waals surface area contributed by atoms with Gasteiger partial charge in [-0.2, -0.15) is 0 Å². The van der Waals surface area contributed by atoms with Crippen LogP contribution in [0.1, 0.15) is 201 Å². The monoisotopic (exact) mass is 1730 g/mol. The molecule has 32 nitrogen and oxygen atoms in total. The van der Waals surface area contributed by atoms with Crippen LogP contribution in [-0.2, 0) is 90.4 Å². The van der Waals surface area contributed by atoms with E-state index in [9.17, 15) is 69.3 Å². The third kappa shape index (κ3) is 20.3. The molecule has 4 saturated heterocycles. The van der Waals surface area contributed by atoms with E-state index in [2.05, 4.69) is 10.6 Å². The summed E-state index contributed by atoms with van der Waals surface area (Å²) >= 11 is 0. The molecule has 32 heteroatoms. The highest BCUT2D eigenvalue weighted by atomic mass is 16.7. The number of amides is 2. The standard InChI is InChI=1S/C91H130N4O28/c1-20-63-89(16,110)75(102)53(7)95(46-48(2)43-86(13,109)78(122-84-70(101)60(94(17)18)41-49(3)114-84)51(5)71(52(6)81(106)118-63)120-67-45-87(14,112-19)76(103)54(8)115-67)40-30-39-92-65(99)37-38-66(100)119-73(69(57-31-24-21-25-32-57)93-80(105)58-33-26-22-27-34-58)83(108)117-61-44-91(111)79(121-82(107)59-35-28-23-29-36-59)74-88(15,62(98)42-64-90(74,47-113-64)123-56(10)97)77(104)72(116-55(9)96)68(50(61)4)85(91,11)12/h21-29,31-36,48-49,51-54,60-64,67,69-76,78-79,84,98,101-103,109-111H,20,30,37-47H2,1-19H3,(H,92,99)(H,93,105)/t48-,49-,51+,52-,53-,54+,60+,61?,62+,63-,64?,67?,69?,70-,71+,72-,73-,74+,75-,76+,78?,79+,84+,86-,87-,88-,89-,90+,91-/m1/s1. The van der Waals surface area contributed by atoms with Crippen molar-refractivity contribution in [2.75, 3.05) is 47.4 Å². The van der Waals surface area contributed by atoms with E-state index in [1.165, 1.54) is 66.0 Å². The van der Waals surface area contributed by atoms with E-state index in [-0.39, 0.29) is 79.6 Å². The van der Waals surface area contributed by atoms with E-state index in [0.717, 1.165) is 13.8 Å². The van der Waals surface area contributed by atoms with Crippen LogP contribution >= 0.6 is 0 Å². The smallest absolute Gasteiger partial charge is 0.350 e. The zero-order valence-corrected chi connectivity index (χ0v) is 74.2. The SMILES string of the molecule is CC[C@H]1OC(=O)[C@H](C)[C@@H](OC2C[C@@](C)(OC)[C@@H](O)[C@H](C)O2)[C@H](C)C(O[C@@H]2O[C@H](C)C[C@H](N(C)C)[C@H]2O)[C@](C)(O)C[C@@H](C)CN(CCCNC(=O)CCC(=O)O[C@@H](C(=O)OC2C[C@@]3(O)[C@@H](OC(=O)c4ccccc4)[C@H]4[C@](C)(C(=O)[C@H](OC(C)=O)C(=C2C)C3(C)C)[C@@H](O)CC2OC[C@]24OC(C)=O)C(NC(=O)c2ccccc2)c2ccccc2)[C@H](C)[C@@H](O)[C@]1(C)O. The third-order valence-electron chi connectivity index (χ3n) is 27.3. The summed E-state index contributed by atoms with van der Waals surface area (Å²) < 4.78 is 75.9. The molecule has 5 unspecified atom stereocenters. The first kappa shape index (κ1) is 97.4. The summed E-state index contributed by atoms with van der Waals surface area (Å²) in [6.07, 6.45) is -23.5. The summed E-state index contributed by atoms with van der Waals surface area (Å²) in [4.78, 5) is 136. The number of hydrogen-bond acceptors (Lipinski definition) is 30. The third-order valence-corrected chi connectivity index (χ3v) is 27.3. The average molecular weight is 1730 g/mol. The number of nitrogens with one attached hydrogen (secondary N) is 2. The maximum absolute atomic E-state index is 16.1. The summed E-state index contributed by atoms with van der Waals surface area (Å²) in [5.74, 6) is -12.9. The molecule has 10 rings (SSSR count). The van der Waals surface area contributed by atoms with E-state index in [1.807, 2.05) is 37.7 Å². The van der Waals surface area contributed by atoms with Gasteiger partial charge in [-0.15, -0.1) is 0 Å². The maximum atomic E-state index is 16.1. The van der Waals surface area contributed by atoms with Gasteiger partial charge in [-0.3, -0.25) is 38.5 Å². The van der Waals surface area contributed by atoms with Crippen molar-refractivity contribution >= 4 is 53.4 Å². The van der Waals surface area contributed by atoms with Gasteiger partial charge < -0.3 is 108 Å². The molecule has 2 bridgehead atoms. The van der Waals surface area contributed by atoms with Crippen molar-refractivity contribution in [1.29, 1.82) is 0 Å². The number of ether oxygens (including phenoxy) is 12. The minimum atomic E-state index is -2.59. The summed E-state index contributed by atoms with van der Waals surface area (Å²) in [6.45, 7) is 24.6. The van der Waals surface area contributed by atoms with Crippen molar-refractivity contribution in [3.63, 3.8) is 0 Å². The molecule has 123 heavy (non-hydrogen) atoms. The Morgan fingerprint density at radius 1 is 0.732 bits per heavy atom. The molecule has 3 aromatic rings. The summed E-state index contributed by atoms with van der Waals surface area (Å²) in [5, 5.41) is 93.9. The predicted octanol–water partition coefficient (Wildman–Crippen LogP) is 5.86. The van der Waals surface area contributed by atoms with Crippen LogP contribution in [0.25, 0.3) is 0 Å². The minimum Gasteiger partial charge on any atom is -0.459 e. The normalized spacial score (nSPS) is 37.9. The second kappa shape index (κ2) is 39.2. The number of cyclic esters (lactones) is 1. The first-order valence-electron chi connectivity index (χ1n) is 42.9. The van der Waals surface area contributed by atoms with Gasteiger partial charge in [-0.1, -0.05) is 101 Å². The first-order valence-corrected chi connectivity index (χ1v) is 42.9. The zero-order valence-electron chi connectivity index (χ0n) is 74.2. The molecule has 2 saturated carbocycles. The van der Waals surface area contributed by atoms with Crippen molar-refractivity contribution in [2.24, 2.45) is 34.5 Å². The van der Waals surface area contributed by atoms with Crippen LogP contribution in [0.3, 0.4) is 0 Å². The maximum Gasteiger partial charge on any atom is 0.350 e. The molecule has 9 N–H and O–H groups in total. The number of methoxy groups -OCH3 is 1. The lowest BCUT2D eigenvalue weighted by Crippen LogP contribution is -2.82. The molecule has 2 amide bonds. The molecule has 6 fully saturated rings. The quantitative estimate of drug-likeness (QED) is 0.0208. The van der Waals surface area contributed by atoms with Gasteiger partial charge in [0, 0.05) is 95.3 Å². The number of carbonyl (C=O) groups excluding carboxylic acids is 9. The topological polar surface area (TPSA) is 437 Å². The number of ketones is 1. The van der Waals surface area contributed by atoms with Crippen molar-refractivity contribution in [1.82, 2.24) is 20.4 Å². The van der Waals surface area contributed by atoms with Gasteiger partial charge in [0.25, 0.3) is 5.91 Å². The van der Waals surface area contributed by atoms with Gasteiger partial charge in [0.2, 0.25) is 12.0 Å². The molecular weight excluding hydrogens is 1600 g/mol. The number of esters is 6. The van der Waals surface area contributed by atoms with Crippen LogP contribution in [0.5, 0.6) is 0 Å². The second-order valence-electron chi connectivity index (χ2n) is 36.7. The second-order valence-corrected chi connectivity index (χ2v) is 36.7. The molecule has 29 atom stereocenters. The van der Waals surface area contributed by atoms with E-state index in [0.29, 0.717) is 6.42 Å². The Kier molecular flexibility index (Phi) is 31.1. The van der Waals surface area contributed by atoms with Crippen LogP contribution in [0, 0.1) is 34.5 Å². The Morgan fingerprint density at radius 2 is 1.36 bits per heavy atom. The number of aliphatic hydroxyl groups is 7. The molecule has 0 radical (unpaired) electrons. The molecular formula is C91H130N4O28. The van der Waals surface area contributed by atoms with Gasteiger partial charge in [0.1, 0.15) is 60.0 Å². The zero-order chi connectivity index (χ0) is 90.7. The van der Waals surface area contributed by atoms with Gasteiger partial charge in [0.05, 0.1) is 77.6 Å². The van der Waals surface area contributed by atoms with E-state index in [4.69, 9.17) is 56.8 Å². The Hall–Kier alpha value is -7.77. The van der Waals surface area contributed by atoms with Crippen LogP contribution in [0.15, 0.2) is 102 Å². The molecule has 3 aromatic carbocycles. The fourth-order valence-corrected chi connectivity index (χ4v) is 20.2. The van der Waals surface area contributed by atoms with Crippen molar-refractivity contribution in [2.45, 2.75) is 313 Å². The average Bonchev–Trinajstić information content (AvgIpc) is 0.673. The number of carbonyl (C=O) groups is 9. The number of hydrogen-bond donors (Lipinski definition) is 9. The Balaban J connectivity index is 0.930. The summed E-state index contributed by atoms with van der Waals surface area (Å²) in [7, 11) is 5.11. The number of benzene rings is 3. The predicted molar refractivity (Wildman–Crippen MR) is 442 cm³/mol. The number of likely N-dealkylation sites (N-methyl/N-ethyl adjacent to an activating group) is 1. The molecule has 4 aliphatic heterocycles. The highest BCUT2D eigenvalue weighted by molar-refractivity contribution is 5.97. The number of rotatable bonds is 25. The van der Waals surface area contributed by atoms with Crippen molar-refractivity contribution < 1.29 is 136 Å². The molecule has 0 aromatic heterocycles. The highest BCUT2D eigenvalue weighted by Gasteiger charge is 2.79. The fourth-order valence-electron chi connectivity index (χ4n) is 20.2. The number of nitrogens with zero attached hydrogens (tertiary/aromatic N) is 2. The largest absolute Gasteiger partial charge is 0.459 e. The van der Waals surface area contributed by atoms with E-state index < -0.39 is 258 Å². The van der Waals surface area contributed by atoms with Gasteiger partial charge in [0.15, 0.2) is 30.1 Å². The molecule has 4 heterocycles. The van der Waals surface area contributed by atoms with Crippen LogP contribution in [0.2, 0.25) is 0 Å². The molecule has 0 spiro atoms. The lowest BCUT2D eigenvalue weighted by Gasteiger charge is -2.67. The minimum absolute atomic E-state index is 0.0110. The van der Waals surface area contributed by atoms with Crippen molar-refractivity contribution in [3.05, 3.63) is 119 Å². The number of fused-ring (bicyclic) bond motifs is 5. The number of aliphatic hydroxyl groups excluding tert-OH is 4. The van der Waals surface area contributed by atoms with Crippen LogP contribution in [-0.4, -0.2) is 285 Å². The fraction of sp³-hybridized carbons (Fsp3) is 0.681. The summed E-state index contributed by atoms with van der Waals surface area (Å²) in [6, 6.07) is 20.6. The molecule has 3 aliphatic carbocycles. The van der Waals surface area contributed by atoms with Crippen molar-refractivity contribution in [3.8, 4) is 0 Å².